The highest BCUT2D eigenvalue weighted by molar-refractivity contribution is 9.10. The van der Waals surface area contributed by atoms with Crippen molar-refractivity contribution >= 4 is 21.7 Å². The lowest BCUT2D eigenvalue weighted by Crippen LogP contribution is -2.21. The number of rotatable bonds is 5. The van der Waals surface area contributed by atoms with Crippen molar-refractivity contribution in [2.75, 3.05) is 11.9 Å². The summed E-state index contributed by atoms with van der Waals surface area (Å²) in [6, 6.07) is 1.80. The van der Waals surface area contributed by atoms with Gasteiger partial charge in [-0.1, -0.05) is 13.8 Å². The van der Waals surface area contributed by atoms with Crippen molar-refractivity contribution in [3.05, 3.63) is 16.5 Å². The second-order valence-electron chi connectivity index (χ2n) is 4.29. The number of hydrogen-bond donors (Lipinski definition) is 2. The molecule has 0 aliphatic heterocycles. The number of halogens is 1. The number of hydrogen-bond acceptors (Lipinski definition) is 4. The zero-order valence-electron chi connectivity index (χ0n) is 9.87. The third-order valence-corrected chi connectivity index (χ3v) is 2.48. The molecule has 1 heterocycles. The first-order valence-corrected chi connectivity index (χ1v) is 6.19. The van der Waals surface area contributed by atoms with Crippen molar-refractivity contribution in [3.8, 4) is 0 Å². The highest BCUT2D eigenvalue weighted by Gasteiger charge is 2.07. The first kappa shape index (κ1) is 13.4. The number of aryl methyl sites for hydroxylation is 1. The number of nitrogens with one attached hydrogen (secondary N) is 1. The predicted octanol–water partition coefficient (Wildman–Crippen LogP) is 2.37. The lowest BCUT2D eigenvalue weighted by atomic mass is 10.1. The van der Waals surface area contributed by atoms with Gasteiger partial charge in [-0.15, -0.1) is 0 Å². The van der Waals surface area contributed by atoms with Crippen LogP contribution in [0.5, 0.6) is 0 Å². The molecule has 90 valence electrons. The Bertz CT molecular complexity index is 324. The van der Waals surface area contributed by atoms with Gasteiger partial charge in [0.1, 0.15) is 16.2 Å². The highest BCUT2D eigenvalue weighted by Crippen LogP contribution is 2.12. The molecule has 1 rings (SSSR count). The van der Waals surface area contributed by atoms with Crippen LogP contribution in [0.15, 0.2) is 10.7 Å². The van der Waals surface area contributed by atoms with E-state index >= 15 is 0 Å². The number of nitrogens with zero attached hydrogens (tertiary/aromatic N) is 2. The monoisotopic (exact) mass is 287 g/mol. The SMILES string of the molecule is Cc1nc(Br)cc(NCC(O)CC(C)C)n1. The Morgan fingerprint density at radius 1 is 1.44 bits per heavy atom. The average molecular weight is 288 g/mol. The van der Waals surface area contributed by atoms with Crippen molar-refractivity contribution in [2.24, 2.45) is 5.92 Å². The summed E-state index contributed by atoms with van der Waals surface area (Å²) in [5, 5.41) is 12.8. The van der Waals surface area contributed by atoms with Gasteiger partial charge in [0, 0.05) is 12.6 Å². The third-order valence-electron chi connectivity index (χ3n) is 2.07. The van der Waals surface area contributed by atoms with Crippen LogP contribution in [0, 0.1) is 12.8 Å². The van der Waals surface area contributed by atoms with E-state index in [2.05, 4.69) is 45.1 Å². The Morgan fingerprint density at radius 3 is 2.69 bits per heavy atom. The fourth-order valence-electron chi connectivity index (χ4n) is 1.47. The van der Waals surface area contributed by atoms with Crippen molar-refractivity contribution < 1.29 is 5.11 Å². The first-order chi connectivity index (χ1) is 7.47. The molecule has 1 aromatic rings. The quantitative estimate of drug-likeness (QED) is 0.817. The molecule has 1 unspecified atom stereocenters. The van der Waals surface area contributed by atoms with E-state index in [0.717, 1.165) is 16.8 Å². The van der Waals surface area contributed by atoms with E-state index in [9.17, 15) is 5.11 Å². The molecule has 16 heavy (non-hydrogen) atoms. The van der Waals surface area contributed by atoms with Crippen molar-refractivity contribution in [2.45, 2.75) is 33.3 Å². The Balaban J connectivity index is 2.48. The molecular weight excluding hydrogens is 270 g/mol. The number of aromatic nitrogens is 2. The zero-order chi connectivity index (χ0) is 12.1. The molecule has 1 atom stereocenters. The molecule has 0 amide bonds. The summed E-state index contributed by atoms with van der Waals surface area (Å²) in [4.78, 5) is 8.33. The van der Waals surface area contributed by atoms with E-state index in [1.54, 1.807) is 6.07 Å². The lowest BCUT2D eigenvalue weighted by molar-refractivity contribution is 0.161. The van der Waals surface area contributed by atoms with E-state index in [-0.39, 0.29) is 6.10 Å². The maximum Gasteiger partial charge on any atom is 0.130 e. The molecule has 0 radical (unpaired) electrons. The van der Waals surface area contributed by atoms with Gasteiger partial charge >= 0.3 is 0 Å². The molecule has 0 fully saturated rings. The van der Waals surface area contributed by atoms with Crippen LogP contribution in [0.2, 0.25) is 0 Å². The van der Waals surface area contributed by atoms with Crippen LogP contribution in [0.25, 0.3) is 0 Å². The number of anilines is 1. The molecule has 5 heteroatoms. The van der Waals surface area contributed by atoms with Crippen molar-refractivity contribution in [3.63, 3.8) is 0 Å². The van der Waals surface area contributed by atoms with E-state index in [0.29, 0.717) is 18.3 Å². The van der Waals surface area contributed by atoms with Gasteiger partial charge in [-0.05, 0) is 35.2 Å². The van der Waals surface area contributed by atoms with Crippen LogP contribution in [0.3, 0.4) is 0 Å². The van der Waals surface area contributed by atoms with Gasteiger partial charge in [-0.3, -0.25) is 0 Å². The molecule has 2 N–H and O–H groups in total. The van der Waals surface area contributed by atoms with E-state index < -0.39 is 0 Å². The fraction of sp³-hybridized carbons (Fsp3) is 0.636. The summed E-state index contributed by atoms with van der Waals surface area (Å²) < 4.78 is 0.751. The molecule has 0 saturated carbocycles. The van der Waals surface area contributed by atoms with Crippen LogP contribution in [0.4, 0.5) is 5.82 Å². The third kappa shape index (κ3) is 4.90. The second kappa shape index (κ2) is 6.15. The normalized spacial score (nSPS) is 12.9. The highest BCUT2D eigenvalue weighted by atomic mass is 79.9. The van der Waals surface area contributed by atoms with Gasteiger partial charge < -0.3 is 10.4 Å². The lowest BCUT2D eigenvalue weighted by Gasteiger charge is -2.14. The van der Waals surface area contributed by atoms with Crippen LogP contribution in [-0.2, 0) is 0 Å². The zero-order valence-corrected chi connectivity index (χ0v) is 11.5. The minimum absolute atomic E-state index is 0.339. The summed E-state index contributed by atoms with van der Waals surface area (Å²) in [5.74, 6) is 1.94. The molecule has 0 saturated heterocycles. The van der Waals surface area contributed by atoms with E-state index in [1.165, 1.54) is 0 Å². The summed E-state index contributed by atoms with van der Waals surface area (Å²) in [6.07, 6.45) is 0.451. The molecular formula is C11H18BrN3O. The standard InChI is InChI=1S/C11H18BrN3O/c1-7(2)4-9(16)6-13-11-5-10(12)14-8(3)15-11/h5,7,9,16H,4,6H2,1-3H3,(H,13,14,15). The molecule has 0 aliphatic carbocycles. The maximum atomic E-state index is 9.70. The molecule has 0 aromatic carbocycles. The first-order valence-electron chi connectivity index (χ1n) is 5.40. The summed E-state index contributed by atoms with van der Waals surface area (Å²) in [7, 11) is 0. The number of aliphatic hydroxyl groups excluding tert-OH is 1. The van der Waals surface area contributed by atoms with Gasteiger partial charge in [0.2, 0.25) is 0 Å². The van der Waals surface area contributed by atoms with E-state index in [4.69, 9.17) is 0 Å². The molecule has 0 bridgehead atoms. The Morgan fingerprint density at radius 2 is 2.12 bits per heavy atom. The summed E-state index contributed by atoms with van der Waals surface area (Å²) in [6.45, 7) is 6.53. The van der Waals surface area contributed by atoms with Gasteiger partial charge in [0.25, 0.3) is 0 Å². The van der Waals surface area contributed by atoms with Crippen molar-refractivity contribution in [1.29, 1.82) is 0 Å². The average Bonchev–Trinajstić information content (AvgIpc) is 2.12. The Kier molecular flexibility index (Phi) is 5.15. The fourth-order valence-corrected chi connectivity index (χ4v) is 1.95. The minimum Gasteiger partial charge on any atom is -0.391 e. The van der Waals surface area contributed by atoms with Crippen LogP contribution >= 0.6 is 15.9 Å². The topological polar surface area (TPSA) is 58.0 Å². The minimum atomic E-state index is -0.339. The predicted molar refractivity (Wildman–Crippen MR) is 68.4 cm³/mol. The Labute approximate surface area is 105 Å². The molecule has 0 aliphatic rings. The number of aliphatic hydroxyl groups is 1. The van der Waals surface area contributed by atoms with Gasteiger partial charge in [-0.2, -0.15) is 0 Å². The van der Waals surface area contributed by atoms with Gasteiger partial charge in [0.05, 0.1) is 6.10 Å². The smallest absolute Gasteiger partial charge is 0.130 e. The largest absolute Gasteiger partial charge is 0.391 e. The summed E-state index contributed by atoms with van der Waals surface area (Å²) >= 11 is 3.31. The van der Waals surface area contributed by atoms with Crippen LogP contribution in [0.1, 0.15) is 26.1 Å². The molecule has 0 spiro atoms. The van der Waals surface area contributed by atoms with Crippen molar-refractivity contribution in [1.82, 2.24) is 9.97 Å². The molecule has 4 nitrogen and oxygen atoms in total. The van der Waals surface area contributed by atoms with Crippen LogP contribution in [-0.4, -0.2) is 27.7 Å². The molecule has 1 aromatic heterocycles. The Hall–Kier alpha value is -0.680. The second-order valence-corrected chi connectivity index (χ2v) is 5.10. The van der Waals surface area contributed by atoms with Crippen LogP contribution < -0.4 is 5.32 Å². The maximum absolute atomic E-state index is 9.70. The van der Waals surface area contributed by atoms with E-state index in [1.807, 2.05) is 6.92 Å². The van der Waals surface area contributed by atoms with Gasteiger partial charge in [-0.25, -0.2) is 9.97 Å². The van der Waals surface area contributed by atoms with Gasteiger partial charge in [0.15, 0.2) is 0 Å². The summed E-state index contributed by atoms with van der Waals surface area (Å²) in [5.41, 5.74) is 0.